The van der Waals surface area contributed by atoms with E-state index in [0.29, 0.717) is 11.6 Å². The molecule has 1 aliphatic heterocycles. The van der Waals surface area contributed by atoms with Gasteiger partial charge in [0.1, 0.15) is 5.82 Å². The summed E-state index contributed by atoms with van der Waals surface area (Å²) in [5.41, 5.74) is 1.67. The second kappa shape index (κ2) is 8.28. The fourth-order valence-corrected chi connectivity index (χ4v) is 2.74. The first-order valence-corrected chi connectivity index (χ1v) is 8.45. The van der Waals surface area contributed by atoms with Gasteiger partial charge in [-0.2, -0.15) is 0 Å². The lowest BCUT2D eigenvalue weighted by molar-refractivity contribution is -0.120. The van der Waals surface area contributed by atoms with Crippen molar-refractivity contribution in [3.63, 3.8) is 0 Å². The molecule has 0 atom stereocenters. The van der Waals surface area contributed by atoms with Gasteiger partial charge in [0, 0.05) is 43.0 Å². The molecule has 128 valence electrons. The molecule has 0 bridgehead atoms. The number of halogens is 1. The van der Waals surface area contributed by atoms with E-state index >= 15 is 0 Å². The van der Waals surface area contributed by atoms with Crippen LogP contribution in [0.4, 0.5) is 0 Å². The number of amides is 1. The molecule has 0 spiro atoms. The lowest BCUT2D eigenvalue weighted by Crippen LogP contribution is -2.41. The van der Waals surface area contributed by atoms with Crippen LogP contribution in [0.1, 0.15) is 5.69 Å². The Labute approximate surface area is 146 Å². The van der Waals surface area contributed by atoms with E-state index < -0.39 is 0 Å². The number of aromatic amines is 1. The number of aromatic nitrogens is 2. The minimum Gasteiger partial charge on any atom is -0.379 e. The van der Waals surface area contributed by atoms with E-state index in [1.54, 1.807) is 6.20 Å². The zero-order chi connectivity index (χ0) is 16.8. The van der Waals surface area contributed by atoms with Gasteiger partial charge in [-0.05, 0) is 24.3 Å². The number of benzene rings is 1. The van der Waals surface area contributed by atoms with Crippen LogP contribution in [0.2, 0.25) is 5.02 Å². The van der Waals surface area contributed by atoms with E-state index in [-0.39, 0.29) is 12.3 Å². The summed E-state index contributed by atoms with van der Waals surface area (Å²) in [6.45, 7) is 4.90. The Kier molecular flexibility index (Phi) is 5.85. The summed E-state index contributed by atoms with van der Waals surface area (Å²) in [6.07, 6.45) is 2.04. The fraction of sp³-hybridized carbons (Fsp3) is 0.412. The standard InChI is InChI=1S/C17H21ClN4O2/c18-14-3-1-13(2-4-14)17-20-12-15(21-17)11-16(23)19-5-6-22-7-9-24-10-8-22/h1-4,12H,5-11H2,(H,19,23)(H,20,21). The Morgan fingerprint density at radius 3 is 2.79 bits per heavy atom. The van der Waals surface area contributed by atoms with Crippen LogP contribution >= 0.6 is 11.6 Å². The van der Waals surface area contributed by atoms with Crippen LogP contribution < -0.4 is 5.32 Å². The van der Waals surface area contributed by atoms with Gasteiger partial charge in [0.25, 0.3) is 0 Å². The lowest BCUT2D eigenvalue weighted by atomic mass is 10.2. The lowest BCUT2D eigenvalue weighted by Gasteiger charge is -2.26. The van der Waals surface area contributed by atoms with Gasteiger partial charge in [0.15, 0.2) is 0 Å². The molecule has 0 saturated carbocycles. The summed E-state index contributed by atoms with van der Waals surface area (Å²) in [5.74, 6) is 0.722. The number of nitrogens with one attached hydrogen (secondary N) is 2. The van der Waals surface area contributed by atoms with Crippen molar-refractivity contribution < 1.29 is 9.53 Å². The van der Waals surface area contributed by atoms with Crippen molar-refractivity contribution in [1.82, 2.24) is 20.2 Å². The summed E-state index contributed by atoms with van der Waals surface area (Å²) >= 11 is 5.88. The van der Waals surface area contributed by atoms with Crippen molar-refractivity contribution in [1.29, 1.82) is 0 Å². The smallest absolute Gasteiger partial charge is 0.226 e. The number of imidazole rings is 1. The van der Waals surface area contributed by atoms with Crippen molar-refractivity contribution in [2.45, 2.75) is 6.42 Å². The zero-order valence-electron chi connectivity index (χ0n) is 13.4. The molecule has 2 heterocycles. The number of ether oxygens (including phenoxy) is 1. The molecule has 0 radical (unpaired) electrons. The molecular formula is C17H21ClN4O2. The highest BCUT2D eigenvalue weighted by Gasteiger charge is 2.11. The van der Waals surface area contributed by atoms with Gasteiger partial charge in [-0.3, -0.25) is 9.69 Å². The Bertz CT molecular complexity index is 665. The van der Waals surface area contributed by atoms with E-state index in [1.807, 2.05) is 24.3 Å². The summed E-state index contributed by atoms with van der Waals surface area (Å²) < 4.78 is 5.30. The Morgan fingerprint density at radius 2 is 2.04 bits per heavy atom. The van der Waals surface area contributed by atoms with E-state index in [2.05, 4.69) is 20.2 Å². The highest BCUT2D eigenvalue weighted by Crippen LogP contribution is 2.18. The normalized spacial score (nSPS) is 15.4. The molecule has 7 heteroatoms. The monoisotopic (exact) mass is 348 g/mol. The summed E-state index contributed by atoms with van der Waals surface area (Å²) in [6, 6.07) is 7.43. The van der Waals surface area contributed by atoms with Gasteiger partial charge in [-0.25, -0.2) is 4.98 Å². The van der Waals surface area contributed by atoms with Crippen LogP contribution in [0, 0.1) is 0 Å². The number of rotatable bonds is 6. The van der Waals surface area contributed by atoms with Crippen LogP contribution in [0.5, 0.6) is 0 Å². The van der Waals surface area contributed by atoms with Crippen LogP contribution in [0.3, 0.4) is 0 Å². The first-order chi connectivity index (χ1) is 11.7. The van der Waals surface area contributed by atoms with Crippen molar-refractivity contribution >= 4 is 17.5 Å². The van der Waals surface area contributed by atoms with Crippen molar-refractivity contribution in [3.05, 3.63) is 41.2 Å². The van der Waals surface area contributed by atoms with Gasteiger partial charge < -0.3 is 15.0 Å². The molecule has 0 aliphatic carbocycles. The van der Waals surface area contributed by atoms with Crippen molar-refractivity contribution in [2.75, 3.05) is 39.4 Å². The highest BCUT2D eigenvalue weighted by molar-refractivity contribution is 6.30. The maximum Gasteiger partial charge on any atom is 0.226 e. The van der Waals surface area contributed by atoms with Crippen LogP contribution in [-0.4, -0.2) is 60.2 Å². The van der Waals surface area contributed by atoms with Crippen molar-refractivity contribution in [2.24, 2.45) is 0 Å². The van der Waals surface area contributed by atoms with E-state index in [1.165, 1.54) is 0 Å². The van der Waals surface area contributed by atoms with E-state index in [4.69, 9.17) is 16.3 Å². The average Bonchev–Trinajstić information content (AvgIpc) is 3.05. The van der Waals surface area contributed by atoms with Gasteiger partial charge >= 0.3 is 0 Å². The number of nitrogens with zero attached hydrogens (tertiary/aromatic N) is 2. The molecule has 1 amide bonds. The molecule has 1 fully saturated rings. The summed E-state index contributed by atoms with van der Waals surface area (Å²) in [5, 5.41) is 3.63. The molecule has 2 aromatic rings. The highest BCUT2D eigenvalue weighted by atomic mass is 35.5. The molecule has 2 N–H and O–H groups in total. The molecule has 1 aliphatic rings. The Morgan fingerprint density at radius 1 is 1.29 bits per heavy atom. The minimum atomic E-state index is -0.0163. The number of hydrogen-bond donors (Lipinski definition) is 2. The van der Waals surface area contributed by atoms with Gasteiger partial charge in [0.05, 0.1) is 25.3 Å². The molecule has 1 saturated heterocycles. The summed E-state index contributed by atoms with van der Waals surface area (Å²) in [7, 11) is 0. The SMILES string of the molecule is O=C(Cc1c[nH]c(-c2ccc(Cl)cc2)n1)NCCN1CCOCC1. The average molecular weight is 349 g/mol. The first kappa shape index (κ1) is 17.0. The van der Waals surface area contributed by atoms with Crippen LogP contribution in [0.15, 0.2) is 30.5 Å². The maximum absolute atomic E-state index is 12.0. The minimum absolute atomic E-state index is 0.0163. The van der Waals surface area contributed by atoms with E-state index in [9.17, 15) is 4.79 Å². The second-order valence-corrected chi connectivity index (χ2v) is 6.16. The number of carbonyl (C=O) groups excluding carboxylic acids is 1. The maximum atomic E-state index is 12.0. The van der Waals surface area contributed by atoms with E-state index in [0.717, 1.165) is 49.9 Å². The third-order valence-corrected chi connectivity index (χ3v) is 4.20. The van der Waals surface area contributed by atoms with Crippen LogP contribution in [-0.2, 0) is 16.0 Å². The predicted octanol–water partition coefficient (Wildman–Crippen LogP) is 1.72. The molecule has 1 aromatic heterocycles. The third kappa shape index (κ3) is 4.80. The fourth-order valence-electron chi connectivity index (χ4n) is 2.61. The molecule has 3 rings (SSSR count). The number of hydrogen-bond acceptors (Lipinski definition) is 4. The number of H-pyrrole nitrogens is 1. The second-order valence-electron chi connectivity index (χ2n) is 5.73. The number of morpholine rings is 1. The zero-order valence-corrected chi connectivity index (χ0v) is 14.2. The molecule has 6 nitrogen and oxygen atoms in total. The Hall–Kier alpha value is -1.89. The molecule has 1 aromatic carbocycles. The largest absolute Gasteiger partial charge is 0.379 e. The summed E-state index contributed by atoms with van der Waals surface area (Å²) in [4.78, 5) is 21.9. The molecule has 0 unspecified atom stereocenters. The predicted molar refractivity (Wildman–Crippen MR) is 93.0 cm³/mol. The van der Waals surface area contributed by atoms with Gasteiger partial charge in [-0.1, -0.05) is 11.6 Å². The Balaban J connectivity index is 1.45. The number of carbonyl (C=O) groups is 1. The third-order valence-electron chi connectivity index (χ3n) is 3.94. The molecule has 24 heavy (non-hydrogen) atoms. The van der Waals surface area contributed by atoms with Gasteiger partial charge in [0.2, 0.25) is 5.91 Å². The van der Waals surface area contributed by atoms with Crippen LogP contribution in [0.25, 0.3) is 11.4 Å². The first-order valence-electron chi connectivity index (χ1n) is 8.08. The van der Waals surface area contributed by atoms with Gasteiger partial charge in [-0.15, -0.1) is 0 Å². The molecular weight excluding hydrogens is 328 g/mol. The van der Waals surface area contributed by atoms with Crippen molar-refractivity contribution in [3.8, 4) is 11.4 Å². The topological polar surface area (TPSA) is 70.2 Å². The quantitative estimate of drug-likeness (QED) is 0.834.